The summed E-state index contributed by atoms with van der Waals surface area (Å²) >= 11 is 0. The van der Waals surface area contributed by atoms with Crippen LogP contribution in [0.5, 0.6) is 5.75 Å². The van der Waals surface area contributed by atoms with Crippen LogP contribution in [0.2, 0.25) is 0 Å². The second-order valence-electron chi connectivity index (χ2n) is 7.50. The van der Waals surface area contributed by atoms with Gasteiger partial charge in [0, 0.05) is 30.4 Å². The van der Waals surface area contributed by atoms with Gasteiger partial charge in [-0.2, -0.15) is 0 Å². The van der Waals surface area contributed by atoms with Crippen molar-refractivity contribution in [1.29, 1.82) is 0 Å². The first-order valence-electron chi connectivity index (χ1n) is 9.29. The summed E-state index contributed by atoms with van der Waals surface area (Å²) in [5.41, 5.74) is 8.85. The van der Waals surface area contributed by atoms with Crippen LogP contribution in [-0.4, -0.2) is 34.9 Å². The Morgan fingerprint density at radius 2 is 2.15 bits per heavy atom. The van der Waals surface area contributed by atoms with Gasteiger partial charge in [-0.15, -0.1) is 0 Å². The van der Waals surface area contributed by atoms with Crippen LogP contribution < -0.4 is 10.5 Å². The summed E-state index contributed by atoms with van der Waals surface area (Å²) in [6.07, 6.45) is 3.96. The number of hydrogen-bond acceptors (Lipinski definition) is 4. The van der Waals surface area contributed by atoms with Crippen molar-refractivity contribution in [2.24, 2.45) is 17.6 Å². The van der Waals surface area contributed by atoms with E-state index in [-0.39, 0.29) is 11.9 Å². The van der Waals surface area contributed by atoms with E-state index >= 15 is 0 Å². The summed E-state index contributed by atoms with van der Waals surface area (Å²) in [5.74, 6) is 1.88. The van der Waals surface area contributed by atoms with Crippen LogP contribution in [-0.2, 0) is 6.61 Å². The Morgan fingerprint density at radius 3 is 2.92 bits per heavy atom. The Balaban J connectivity index is 1.40. The summed E-state index contributed by atoms with van der Waals surface area (Å²) in [6.45, 7) is 3.99. The smallest absolute Gasteiger partial charge is 0.253 e. The monoisotopic (exact) mass is 351 g/mol. The van der Waals surface area contributed by atoms with E-state index in [0.29, 0.717) is 18.4 Å². The van der Waals surface area contributed by atoms with E-state index in [1.165, 1.54) is 0 Å². The van der Waals surface area contributed by atoms with E-state index in [2.05, 4.69) is 4.98 Å². The van der Waals surface area contributed by atoms with Crippen LogP contribution in [0.3, 0.4) is 0 Å². The molecule has 5 heteroatoms. The number of fused-ring (bicyclic) bond motifs is 1. The molecule has 0 radical (unpaired) electrons. The van der Waals surface area contributed by atoms with Crippen molar-refractivity contribution < 1.29 is 9.53 Å². The maximum absolute atomic E-state index is 12.9. The van der Waals surface area contributed by atoms with Crippen LogP contribution in [0, 0.1) is 18.8 Å². The molecular formula is C21H25N3O2. The maximum atomic E-state index is 12.9. The predicted octanol–water partition coefficient (Wildman–Crippen LogP) is 2.78. The number of carbonyl (C=O) groups is 1. The molecule has 1 aliphatic heterocycles. The molecule has 2 heterocycles. The predicted molar refractivity (Wildman–Crippen MR) is 99.8 cm³/mol. The molecule has 3 atom stereocenters. The average Bonchev–Trinajstić information content (AvgIpc) is 3.23. The maximum Gasteiger partial charge on any atom is 0.253 e. The number of pyridine rings is 1. The second-order valence-corrected chi connectivity index (χ2v) is 7.50. The van der Waals surface area contributed by atoms with Crippen molar-refractivity contribution in [1.82, 2.24) is 9.88 Å². The number of benzene rings is 1. The van der Waals surface area contributed by atoms with E-state index < -0.39 is 0 Å². The van der Waals surface area contributed by atoms with Crippen molar-refractivity contribution in [3.05, 3.63) is 59.4 Å². The third kappa shape index (κ3) is 3.44. The SMILES string of the molecule is Cc1ccc(OCc2cccc(C(=O)N3CC4CCC(N)C4C3)c2)cn1. The molecule has 0 bridgehead atoms. The van der Waals surface area contributed by atoms with E-state index in [9.17, 15) is 4.79 Å². The zero-order chi connectivity index (χ0) is 18.1. The molecular weight excluding hydrogens is 326 g/mol. The molecule has 1 amide bonds. The molecule has 26 heavy (non-hydrogen) atoms. The average molecular weight is 351 g/mol. The lowest BCUT2D eigenvalue weighted by Gasteiger charge is -2.19. The Labute approximate surface area is 154 Å². The molecule has 2 N–H and O–H groups in total. The van der Waals surface area contributed by atoms with E-state index in [4.69, 9.17) is 10.5 Å². The summed E-state index contributed by atoms with van der Waals surface area (Å²) in [6, 6.07) is 11.8. The fourth-order valence-electron chi connectivity index (χ4n) is 4.16. The second kappa shape index (κ2) is 7.08. The van der Waals surface area contributed by atoms with Crippen LogP contribution >= 0.6 is 0 Å². The van der Waals surface area contributed by atoms with Gasteiger partial charge in [-0.3, -0.25) is 9.78 Å². The highest BCUT2D eigenvalue weighted by Crippen LogP contribution is 2.37. The minimum atomic E-state index is 0.102. The van der Waals surface area contributed by atoms with Crippen LogP contribution in [0.4, 0.5) is 0 Å². The zero-order valence-corrected chi connectivity index (χ0v) is 15.1. The molecule has 2 fully saturated rings. The summed E-state index contributed by atoms with van der Waals surface area (Å²) in [4.78, 5) is 19.1. The van der Waals surface area contributed by atoms with Crippen molar-refractivity contribution in [2.45, 2.75) is 32.4 Å². The molecule has 0 spiro atoms. The summed E-state index contributed by atoms with van der Waals surface area (Å²) in [7, 11) is 0. The number of nitrogens with zero attached hydrogens (tertiary/aromatic N) is 2. The van der Waals surface area contributed by atoms with Gasteiger partial charge in [0.2, 0.25) is 0 Å². The summed E-state index contributed by atoms with van der Waals surface area (Å²) in [5, 5.41) is 0. The molecule has 2 aliphatic rings. The number of aromatic nitrogens is 1. The van der Waals surface area contributed by atoms with Crippen LogP contribution in [0.25, 0.3) is 0 Å². The normalized spacial score (nSPS) is 24.5. The van der Waals surface area contributed by atoms with Gasteiger partial charge < -0.3 is 15.4 Å². The minimum absolute atomic E-state index is 0.102. The van der Waals surface area contributed by atoms with Gasteiger partial charge in [0.15, 0.2) is 0 Å². The van der Waals surface area contributed by atoms with E-state index in [1.807, 2.05) is 48.2 Å². The topological polar surface area (TPSA) is 68.5 Å². The molecule has 2 aromatic rings. The van der Waals surface area contributed by atoms with Crippen LogP contribution in [0.15, 0.2) is 42.6 Å². The Bertz CT molecular complexity index is 790. The molecule has 1 saturated heterocycles. The number of hydrogen-bond donors (Lipinski definition) is 1. The van der Waals surface area contributed by atoms with Gasteiger partial charge in [0.25, 0.3) is 5.91 Å². The molecule has 1 saturated carbocycles. The highest BCUT2D eigenvalue weighted by Gasteiger charge is 2.42. The number of aryl methyl sites for hydroxylation is 1. The third-order valence-electron chi connectivity index (χ3n) is 5.66. The molecule has 1 aliphatic carbocycles. The lowest BCUT2D eigenvalue weighted by atomic mass is 9.98. The van der Waals surface area contributed by atoms with Crippen molar-refractivity contribution in [3.8, 4) is 5.75 Å². The number of ether oxygens (including phenoxy) is 1. The Hall–Kier alpha value is -2.40. The van der Waals surface area contributed by atoms with Crippen LogP contribution in [0.1, 0.15) is 34.5 Å². The Kier molecular flexibility index (Phi) is 4.64. The number of nitrogens with two attached hydrogens (primary N) is 1. The van der Waals surface area contributed by atoms with Gasteiger partial charge in [-0.25, -0.2) is 0 Å². The largest absolute Gasteiger partial charge is 0.487 e. The first-order valence-corrected chi connectivity index (χ1v) is 9.29. The van der Waals surface area contributed by atoms with E-state index in [0.717, 1.165) is 48.5 Å². The molecule has 3 unspecified atom stereocenters. The van der Waals surface area contributed by atoms with Crippen molar-refractivity contribution in [3.63, 3.8) is 0 Å². The standard InChI is InChI=1S/C21H25N3O2/c1-14-5-7-18(10-23-14)26-13-15-3-2-4-16(9-15)21(25)24-11-17-6-8-20(22)19(17)12-24/h2-5,7,9-10,17,19-20H,6,8,11-13,22H2,1H3. The van der Waals surface area contributed by atoms with Gasteiger partial charge in [0.05, 0.1) is 6.20 Å². The lowest BCUT2D eigenvalue weighted by Crippen LogP contribution is -2.33. The summed E-state index contributed by atoms with van der Waals surface area (Å²) < 4.78 is 5.78. The number of amides is 1. The quantitative estimate of drug-likeness (QED) is 0.920. The molecule has 5 nitrogen and oxygen atoms in total. The number of likely N-dealkylation sites (tertiary alicyclic amines) is 1. The number of carbonyl (C=O) groups excluding carboxylic acids is 1. The molecule has 1 aromatic carbocycles. The number of rotatable bonds is 4. The van der Waals surface area contributed by atoms with Crippen molar-refractivity contribution in [2.75, 3.05) is 13.1 Å². The van der Waals surface area contributed by atoms with Crippen molar-refractivity contribution >= 4 is 5.91 Å². The Morgan fingerprint density at radius 1 is 1.27 bits per heavy atom. The lowest BCUT2D eigenvalue weighted by molar-refractivity contribution is 0.0779. The molecule has 4 rings (SSSR count). The fraction of sp³-hybridized carbons (Fsp3) is 0.429. The van der Waals surface area contributed by atoms with Gasteiger partial charge in [-0.1, -0.05) is 12.1 Å². The third-order valence-corrected chi connectivity index (χ3v) is 5.66. The molecule has 136 valence electrons. The van der Waals surface area contributed by atoms with Gasteiger partial charge in [-0.05, 0) is 61.4 Å². The van der Waals surface area contributed by atoms with E-state index in [1.54, 1.807) is 6.20 Å². The fourth-order valence-corrected chi connectivity index (χ4v) is 4.16. The highest BCUT2D eigenvalue weighted by molar-refractivity contribution is 5.94. The highest BCUT2D eigenvalue weighted by atomic mass is 16.5. The first kappa shape index (κ1) is 17.0. The minimum Gasteiger partial charge on any atom is -0.487 e. The zero-order valence-electron chi connectivity index (χ0n) is 15.1. The molecule has 1 aromatic heterocycles. The first-order chi connectivity index (χ1) is 12.6. The van der Waals surface area contributed by atoms with Gasteiger partial charge in [0.1, 0.15) is 12.4 Å². The van der Waals surface area contributed by atoms with Gasteiger partial charge >= 0.3 is 0 Å².